The van der Waals surface area contributed by atoms with Gasteiger partial charge in [0.25, 0.3) is 23.6 Å². The van der Waals surface area contributed by atoms with Crippen molar-refractivity contribution in [2.45, 2.75) is 70.2 Å². The van der Waals surface area contributed by atoms with E-state index >= 15 is 0 Å². The Bertz CT molecular complexity index is 2910. The molecule has 0 spiro atoms. The van der Waals surface area contributed by atoms with Crippen molar-refractivity contribution in [3.05, 3.63) is 119 Å². The Morgan fingerprint density at radius 1 is 0.836 bits per heavy atom. The van der Waals surface area contributed by atoms with E-state index in [1.807, 2.05) is 42.5 Å². The van der Waals surface area contributed by atoms with Crippen LogP contribution in [0.2, 0.25) is 0 Å². The molecule has 19 heteroatoms. The molecule has 342 valence electrons. The maximum Gasteiger partial charge on any atom is 0.269 e. The van der Waals surface area contributed by atoms with Gasteiger partial charge in [0.2, 0.25) is 11.8 Å². The summed E-state index contributed by atoms with van der Waals surface area (Å²) in [5.74, 6) is -1.50. The van der Waals surface area contributed by atoms with Gasteiger partial charge in [0, 0.05) is 72.8 Å². The number of pyridine rings is 2. The number of aromatic nitrogens is 5. The normalized spacial score (nSPS) is 15.6. The van der Waals surface area contributed by atoms with E-state index in [1.165, 1.54) is 6.07 Å². The Hall–Kier alpha value is -8.22. The third-order valence-electron chi connectivity index (χ3n) is 11.9. The maximum atomic E-state index is 13.5. The van der Waals surface area contributed by atoms with E-state index in [4.69, 9.17) is 9.47 Å². The summed E-state index contributed by atoms with van der Waals surface area (Å²) < 4.78 is 12.8. The molecule has 3 aromatic heterocycles. The molecule has 67 heavy (non-hydrogen) atoms. The molecule has 6 amide bonds. The molecule has 6 aromatic rings. The molecule has 2 fully saturated rings. The van der Waals surface area contributed by atoms with E-state index < -0.39 is 29.7 Å². The van der Waals surface area contributed by atoms with Crippen LogP contribution in [0.1, 0.15) is 91.3 Å². The molecule has 5 heterocycles. The highest BCUT2D eigenvalue weighted by Crippen LogP contribution is 2.38. The molecule has 5 N–H and O–H groups in total. The van der Waals surface area contributed by atoms with Crippen molar-refractivity contribution in [1.29, 1.82) is 0 Å². The van der Waals surface area contributed by atoms with Crippen molar-refractivity contribution in [3.8, 4) is 22.6 Å². The molecule has 1 unspecified atom stereocenters. The third-order valence-corrected chi connectivity index (χ3v) is 11.9. The quantitative estimate of drug-likeness (QED) is 0.0584. The van der Waals surface area contributed by atoms with Crippen molar-refractivity contribution in [2.24, 2.45) is 0 Å². The van der Waals surface area contributed by atoms with Gasteiger partial charge >= 0.3 is 0 Å². The number of carbonyl (C=O) groups is 6. The molecule has 2 aliphatic heterocycles. The number of aryl methyl sites for hydroxylation is 1. The monoisotopic (exact) mass is 905 g/mol. The lowest BCUT2D eigenvalue weighted by molar-refractivity contribution is -0.136. The van der Waals surface area contributed by atoms with Crippen LogP contribution in [-0.4, -0.2) is 98.2 Å². The molecule has 0 radical (unpaired) electrons. The van der Waals surface area contributed by atoms with Gasteiger partial charge in [0.1, 0.15) is 28.9 Å². The molecular formula is C48H47N11O8. The number of benzene rings is 3. The van der Waals surface area contributed by atoms with E-state index in [-0.39, 0.29) is 54.1 Å². The minimum atomic E-state index is -1.06. The number of nitrogens with one attached hydrogen (secondary N) is 5. The number of piperidine rings is 1. The van der Waals surface area contributed by atoms with Crippen LogP contribution >= 0.6 is 0 Å². The summed E-state index contributed by atoms with van der Waals surface area (Å²) in [5.41, 5.74) is 5.73. The molecule has 3 aromatic carbocycles. The number of anilines is 2. The highest BCUT2D eigenvalue weighted by atomic mass is 16.5. The number of unbranched alkanes of at least 4 members (excludes halogenated alkanes) is 1. The molecule has 3 aliphatic rings. The van der Waals surface area contributed by atoms with E-state index in [0.29, 0.717) is 77.5 Å². The first-order valence-corrected chi connectivity index (χ1v) is 22.0. The van der Waals surface area contributed by atoms with Gasteiger partial charge < -0.3 is 30.7 Å². The summed E-state index contributed by atoms with van der Waals surface area (Å²) >= 11 is 0. The topological polar surface area (TPSA) is 241 Å². The van der Waals surface area contributed by atoms with Crippen molar-refractivity contribution >= 4 is 57.7 Å². The summed E-state index contributed by atoms with van der Waals surface area (Å²) in [7, 11) is 3.20. The van der Waals surface area contributed by atoms with Gasteiger partial charge in [-0.3, -0.25) is 53.6 Å². The number of rotatable bonds is 18. The average molecular weight is 906 g/mol. The van der Waals surface area contributed by atoms with Crippen molar-refractivity contribution in [3.63, 3.8) is 0 Å². The van der Waals surface area contributed by atoms with Crippen LogP contribution in [0.25, 0.3) is 22.0 Å². The molecule has 0 bridgehead atoms. The zero-order valence-electron chi connectivity index (χ0n) is 36.8. The van der Waals surface area contributed by atoms with E-state index in [9.17, 15) is 28.8 Å². The molecule has 1 atom stereocenters. The van der Waals surface area contributed by atoms with Crippen LogP contribution in [0.3, 0.4) is 0 Å². The maximum absolute atomic E-state index is 13.5. The van der Waals surface area contributed by atoms with Gasteiger partial charge in [-0.25, -0.2) is 0 Å². The lowest BCUT2D eigenvalue weighted by Gasteiger charge is -2.27. The first-order chi connectivity index (χ1) is 32.6. The highest BCUT2D eigenvalue weighted by Gasteiger charge is 2.45. The Morgan fingerprint density at radius 2 is 1.67 bits per heavy atom. The van der Waals surface area contributed by atoms with Crippen LogP contribution in [0.15, 0.2) is 85.3 Å². The van der Waals surface area contributed by atoms with E-state index in [2.05, 4.69) is 46.9 Å². The number of fused-ring (bicyclic) bond motifs is 2. The SMILES string of the molecule is COc1ccc(CNc2c(C(=O)NC3CC3)cnc3cc(OC)c(-c4ccc(C(=O)NCCCCn5cc(CNc6cccc7c6C(=O)N(C6CCC(=O)NC6=O)C7=O)nn5)nc4)cc23)cc1. The standard InChI is InChI=1S/C48H47N11O8/c1-66-31-13-8-27(9-14-31)22-53-43-34-20-33(40(67-2)21-38(34)52-25-35(43)44(61)54-29-11-12-29)28-10-15-37(50-23-28)45(62)49-18-3-4-19-58-26-30(56-57-58)24-51-36-7-5-6-32-42(36)48(65)59(47(32)64)39-16-17-41(60)55-46(39)63/h5-10,13-15,20-21,23,25-26,29,39,51H,3-4,11-12,16-19,22,24H2,1-2H3,(H,49,62)(H,52,53)(H,54,61)(H,55,60,63). The minimum absolute atomic E-state index is 0.0368. The highest BCUT2D eigenvalue weighted by molar-refractivity contribution is 6.25. The molecule has 9 rings (SSSR count). The van der Waals surface area contributed by atoms with E-state index in [1.54, 1.807) is 55.7 Å². The Balaban J connectivity index is 0.791. The lowest BCUT2D eigenvalue weighted by atomic mass is 10.00. The summed E-state index contributed by atoms with van der Waals surface area (Å²) in [6, 6.07) is 18.9. The van der Waals surface area contributed by atoms with Crippen LogP contribution < -0.4 is 36.1 Å². The van der Waals surface area contributed by atoms with Crippen LogP contribution in [-0.2, 0) is 29.2 Å². The van der Waals surface area contributed by atoms with Gasteiger partial charge in [0.05, 0.1) is 54.9 Å². The summed E-state index contributed by atoms with van der Waals surface area (Å²) in [4.78, 5) is 87.4. The average Bonchev–Trinajstić information content (AvgIpc) is 3.98. The molecule has 1 saturated heterocycles. The number of methoxy groups -OCH3 is 2. The number of hydrogen-bond donors (Lipinski definition) is 5. The Kier molecular flexibility index (Phi) is 12.5. The first-order valence-electron chi connectivity index (χ1n) is 22.0. The number of hydrogen-bond acceptors (Lipinski definition) is 14. The van der Waals surface area contributed by atoms with Crippen molar-refractivity contribution in [1.82, 2.24) is 45.8 Å². The van der Waals surface area contributed by atoms with Gasteiger partial charge in [-0.1, -0.05) is 29.5 Å². The smallest absolute Gasteiger partial charge is 0.269 e. The zero-order valence-corrected chi connectivity index (χ0v) is 36.8. The van der Waals surface area contributed by atoms with Gasteiger partial charge in [-0.05, 0) is 74.1 Å². The second-order valence-electron chi connectivity index (χ2n) is 16.5. The van der Waals surface area contributed by atoms with Crippen LogP contribution in [0.4, 0.5) is 11.4 Å². The molecular weight excluding hydrogens is 859 g/mol. The predicted octanol–water partition coefficient (Wildman–Crippen LogP) is 4.63. The van der Waals surface area contributed by atoms with Gasteiger partial charge in [-0.15, -0.1) is 5.10 Å². The Labute approximate surface area is 384 Å². The minimum Gasteiger partial charge on any atom is -0.497 e. The van der Waals surface area contributed by atoms with Gasteiger partial charge in [0.15, 0.2) is 0 Å². The number of amides is 6. The fourth-order valence-electron chi connectivity index (χ4n) is 8.16. The fourth-order valence-corrected chi connectivity index (χ4v) is 8.16. The van der Waals surface area contributed by atoms with Crippen molar-refractivity contribution < 1.29 is 38.2 Å². The van der Waals surface area contributed by atoms with Crippen LogP contribution in [0, 0.1) is 0 Å². The molecule has 1 aliphatic carbocycles. The first kappa shape index (κ1) is 44.0. The number of carbonyl (C=O) groups excluding carboxylic acids is 6. The van der Waals surface area contributed by atoms with E-state index in [0.717, 1.165) is 34.4 Å². The number of ether oxygens (including phenoxy) is 2. The lowest BCUT2D eigenvalue weighted by Crippen LogP contribution is -2.54. The molecule has 1 saturated carbocycles. The molecule has 19 nitrogen and oxygen atoms in total. The summed E-state index contributed by atoms with van der Waals surface area (Å²) in [6.07, 6.45) is 8.34. The van der Waals surface area contributed by atoms with Gasteiger partial charge in [-0.2, -0.15) is 0 Å². The summed E-state index contributed by atoms with van der Waals surface area (Å²) in [6.45, 7) is 1.61. The second-order valence-corrected chi connectivity index (χ2v) is 16.5. The van der Waals surface area contributed by atoms with Crippen LogP contribution in [0.5, 0.6) is 11.5 Å². The zero-order chi connectivity index (χ0) is 46.6. The number of imide groups is 2. The summed E-state index contributed by atoms with van der Waals surface area (Å²) in [5, 5.41) is 24.0. The fraction of sp³-hybridized carbons (Fsp3) is 0.292. The van der Waals surface area contributed by atoms with Crippen molar-refractivity contribution in [2.75, 3.05) is 31.4 Å². The second kappa shape index (κ2) is 19.1. The largest absolute Gasteiger partial charge is 0.497 e. The Morgan fingerprint density at radius 3 is 2.42 bits per heavy atom. The third kappa shape index (κ3) is 9.47. The number of nitrogens with zero attached hydrogens (tertiary/aromatic N) is 6. The predicted molar refractivity (Wildman–Crippen MR) is 244 cm³/mol.